The van der Waals surface area contributed by atoms with E-state index >= 15 is 0 Å². The van der Waals surface area contributed by atoms with Crippen molar-refractivity contribution < 1.29 is 23.9 Å². The highest BCUT2D eigenvalue weighted by Gasteiger charge is 2.31. The standard InChI is InChI=1S/C7H7O5P/c8-7(9)13(10,11)12-6-4-2-1-3-5-6/h1-5H,(H,8,9)(H,10,11). The second-order valence-electron chi connectivity index (χ2n) is 2.21. The van der Waals surface area contributed by atoms with Gasteiger partial charge in [0.1, 0.15) is 5.75 Å². The first-order chi connectivity index (χ1) is 6.02. The number of benzene rings is 1. The van der Waals surface area contributed by atoms with Crippen molar-refractivity contribution in [3.63, 3.8) is 0 Å². The van der Waals surface area contributed by atoms with Crippen LogP contribution in [-0.2, 0) is 4.57 Å². The Hall–Kier alpha value is -1.32. The molecule has 1 aromatic rings. The van der Waals surface area contributed by atoms with Crippen molar-refractivity contribution >= 4 is 13.3 Å². The summed E-state index contributed by atoms with van der Waals surface area (Å²) in [5.74, 6) is 0.0516. The minimum Gasteiger partial charge on any atom is -0.471 e. The number of hydrogen-bond donors (Lipinski definition) is 2. The van der Waals surface area contributed by atoms with E-state index in [1.165, 1.54) is 12.1 Å². The molecule has 1 rings (SSSR count). The molecule has 0 radical (unpaired) electrons. The Morgan fingerprint density at radius 2 is 1.85 bits per heavy atom. The normalized spacial score (nSPS) is 14.5. The second-order valence-corrected chi connectivity index (χ2v) is 3.81. The van der Waals surface area contributed by atoms with Crippen LogP contribution in [0.3, 0.4) is 0 Å². The highest BCUT2D eigenvalue weighted by molar-refractivity contribution is 7.70. The lowest BCUT2D eigenvalue weighted by molar-refractivity contribution is 0.209. The fourth-order valence-corrected chi connectivity index (χ4v) is 1.15. The minimum atomic E-state index is -4.57. The molecule has 1 aromatic carbocycles. The molecule has 13 heavy (non-hydrogen) atoms. The second kappa shape index (κ2) is 3.60. The number of carboxylic acid groups (broad SMARTS) is 1. The average Bonchev–Trinajstić information content (AvgIpc) is 2.05. The van der Waals surface area contributed by atoms with Crippen LogP contribution in [0, 0.1) is 0 Å². The Bertz CT molecular complexity index is 347. The summed E-state index contributed by atoms with van der Waals surface area (Å²) in [5.41, 5.74) is -1.86. The summed E-state index contributed by atoms with van der Waals surface area (Å²) < 4.78 is 15.2. The van der Waals surface area contributed by atoms with Crippen LogP contribution in [-0.4, -0.2) is 15.7 Å². The zero-order valence-corrected chi connectivity index (χ0v) is 7.35. The maximum Gasteiger partial charge on any atom is 0.485 e. The molecule has 1 unspecified atom stereocenters. The fraction of sp³-hybridized carbons (Fsp3) is 0. The zero-order chi connectivity index (χ0) is 9.90. The van der Waals surface area contributed by atoms with Crippen molar-refractivity contribution in [1.82, 2.24) is 0 Å². The first-order valence-electron chi connectivity index (χ1n) is 3.33. The summed E-state index contributed by atoms with van der Waals surface area (Å²) in [7, 11) is -4.57. The summed E-state index contributed by atoms with van der Waals surface area (Å²) in [5, 5.41) is 8.26. The lowest BCUT2D eigenvalue weighted by Gasteiger charge is -2.07. The number of para-hydroxylation sites is 1. The SMILES string of the molecule is O=C(O)P(=O)(O)Oc1ccccc1. The van der Waals surface area contributed by atoms with E-state index in [2.05, 4.69) is 4.52 Å². The Kier molecular flexibility index (Phi) is 2.70. The fourth-order valence-electron chi connectivity index (χ4n) is 0.663. The first-order valence-corrected chi connectivity index (χ1v) is 4.91. The predicted molar refractivity (Wildman–Crippen MR) is 44.9 cm³/mol. The van der Waals surface area contributed by atoms with Crippen molar-refractivity contribution in [2.24, 2.45) is 0 Å². The number of carbonyl (C=O) groups is 1. The Morgan fingerprint density at radius 3 is 2.31 bits per heavy atom. The van der Waals surface area contributed by atoms with Gasteiger partial charge in [-0.05, 0) is 12.1 Å². The molecule has 1 atom stereocenters. The topological polar surface area (TPSA) is 83.8 Å². The van der Waals surface area contributed by atoms with E-state index in [0.29, 0.717) is 0 Å². The lowest BCUT2D eigenvalue weighted by atomic mass is 10.3. The molecule has 70 valence electrons. The van der Waals surface area contributed by atoms with Crippen LogP contribution >= 0.6 is 7.60 Å². The molecule has 5 nitrogen and oxygen atoms in total. The molecule has 0 fully saturated rings. The molecule has 0 bridgehead atoms. The summed E-state index contributed by atoms with van der Waals surface area (Å²) in [6.07, 6.45) is 0. The van der Waals surface area contributed by atoms with Gasteiger partial charge in [0, 0.05) is 0 Å². The van der Waals surface area contributed by atoms with Crippen LogP contribution in [0.15, 0.2) is 30.3 Å². The van der Waals surface area contributed by atoms with Gasteiger partial charge >= 0.3 is 13.3 Å². The Morgan fingerprint density at radius 1 is 1.31 bits per heavy atom. The van der Waals surface area contributed by atoms with Crippen molar-refractivity contribution in [3.05, 3.63) is 30.3 Å². The quantitative estimate of drug-likeness (QED) is 0.731. The van der Waals surface area contributed by atoms with Crippen molar-refractivity contribution in [1.29, 1.82) is 0 Å². The smallest absolute Gasteiger partial charge is 0.471 e. The van der Waals surface area contributed by atoms with Gasteiger partial charge in [0.2, 0.25) is 0 Å². The molecule has 0 heterocycles. The number of hydrogen-bond acceptors (Lipinski definition) is 3. The molecule has 0 aromatic heterocycles. The van der Waals surface area contributed by atoms with E-state index in [1.54, 1.807) is 18.2 Å². The largest absolute Gasteiger partial charge is 0.485 e. The van der Waals surface area contributed by atoms with Gasteiger partial charge in [0.25, 0.3) is 0 Å². The number of rotatable bonds is 3. The van der Waals surface area contributed by atoms with Gasteiger partial charge in [0.05, 0.1) is 0 Å². The average molecular weight is 202 g/mol. The van der Waals surface area contributed by atoms with E-state index in [9.17, 15) is 9.36 Å². The summed E-state index contributed by atoms with van der Waals surface area (Å²) in [4.78, 5) is 19.0. The molecule has 0 spiro atoms. The maximum absolute atomic E-state index is 10.8. The Labute approximate surface area is 74.1 Å². The van der Waals surface area contributed by atoms with E-state index in [1.807, 2.05) is 0 Å². The first kappa shape index (κ1) is 9.77. The van der Waals surface area contributed by atoms with Crippen molar-refractivity contribution in [2.75, 3.05) is 0 Å². The van der Waals surface area contributed by atoms with Crippen molar-refractivity contribution in [2.45, 2.75) is 0 Å². The van der Waals surface area contributed by atoms with Gasteiger partial charge in [-0.25, -0.2) is 9.36 Å². The minimum absolute atomic E-state index is 0.0516. The molecular formula is C7H7O5P. The van der Waals surface area contributed by atoms with Crippen LogP contribution in [0.5, 0.6) is 5.75 Å². The van der Waals surface area contributed by atoms with Gasteiger partial charge in [0.15, 0.2) is 0 Å². The molecule has 2 N–H and O–H groups in total. The monoisotopic (exact) mass is 202 g/mol. The third kappa shape index (κ3) is 2.57. The van der Waals surface area contributed by atoms with Crippen LogP contribution in [0.4, 0.5) is 4.79 Å². The van der Waals surface area contributed by atoms with Gasteiger partial charge in [-0.1, -0.05) is 18.2 Å². The predicted octanol–water partition coefficient (Wildman–Crippen LogP) is 1.93. The lowest BCUT2D eigenvalue weighted by Crippen LogP contribution is -2.01. The molecule has 0 saturated carbocycles. The van der Waals surface area contributed by atoms with Gasteiger partial charge in [-0.15, -0.1) is 0 Å². The maximum atomic E-state index is 10.8. The van der Waals surface area contributed by atoms with Gasteiger partial charge < -0.3 is 14.5 Å². The third-order valence-corrected chi connectivity index (χ3v) is 2.16. The van der Waals surface area contributed by atoms with Crippen LogP contribution in [0.2, 0.25) is 0 Å². The van der Waals surface area contributed by atoms with Gasteiger partial charge in [-0.2, -0.15) is 0 Å². The van der Waals surface area contributed by atoms with Crippen LogP contribution in [0.1, 0.15) is 0 Å². The molecule has 0 amide bonds. The van der Waals surface area contributed by atoms with E-state index in [0.717, 1.165) is 0 Å². The summed E-state index contributed by atoms with van der Waals surface area (Å²) >= 11 is 0. The summed E-state index contributed by atoms with van der Waals surface area (Å²) in [6, 6.07) is 7.60. The zero-order valence-electron chi connectivity index (χ0n) is 6.45. The highest BCUT2D eigenvalue weighted by atomic mass is 31.2. The van der Waals surface area contributed by atoms with Gasteiger partial charge in [-0.3, -0.25) is 0 Å². The van der Waals surface area contributed by atoms with E-state index in [4.69, 9.17) is 10.00 Å². The molecule has 0 aliphatic heterocycles. The van der Waals surface area contributed by atoms with Crippen LogP contribution in [0.25, 0.3) is 0 Å². The van der Waals surface area contributed by atoms with E-state index < -0.39 is 13.3 Å². The molecule has 0 aliphatic carbocycles. The molecular weight excluding hydrogens is 195 g/mol. The molecule has 0 saturated heterocycles. The molecule has 0 aliphatic rings. The molecule has 6 heteroatoms. The third-order valence-electron chi connectivity index (χ3n) is 1.21. The van der Waals surface area contributed by atoms with Crippen LogP contribution < -0.4 is 4.52 Å². The highest BCUT2D eigenvalue weighted by Crippen LogP contribution is 2.42. The van der Waals surface area contributed by atoms with Crippen molar-refractivity contribution in [3.8, 4) is 5.75 Å². The Balaban J connectivity index is 2.82. The van der Waals surface area contributed by atoms with E-state index in [-0.39, 0.29) is 5.75 Å². The summed E-state index contributed by atoms with van der Waals surface area (Å²) in [6.45, 7) is 0.